The highest BCUT2D eigenvalue weighted by Crippen LogP contribution is 2.21. The van der Waals surface area contributed by atoms with Gasteiger partial charge >= 0.3 is 0 Å². The van der Waals surface area contributed by atoms with E-state index in [1.165, 1.54) is 5.56 Å². The largest absolute Gasteiger partial charge is 0.384 e. The lowest BCUT2D eigenvalue weighted by Crippen LogP contribution is -2.27. The van der Waals surface area contributed by atoms with Gasteiger partial charge in [0.1, 0.15) is 0 Å². The predicted octanol–water partition coefficient (Wildman–Crippen LogP) is 2.99. The summed E-state index contributed by atoms with van der Waals surface area (Å²) < 4.78 is 0. The summed E-state index contributed by atoms with van der Waals surface area (Å²) in [5, 5.41) is 6.33. The summed E-state index contributed by atoms with van der Waals surface area (Å²) in [7, 11) is 0. The summed E-state index contributed by atoms with van der Waals surface area (Å²) in [6.07, 6.45) is 0.485. The second kappa shape index (κ2) is 7.90. The number of anilines is 2. The zero-order valence-corrected chi connectivity index (χ0v) is 13.0. The van der Waals surface area contributed by atoms with Gasteiger partial charge in [-0.15, -0.1) is 0 Å². The molecule has 112 valence electrons. The van der Waals surface area contributed by atoms with E-state index in [9.17, 15) is 4.79 Å². The summed E-state index contributed by atoms with van der Waals surface area (Å²) in [6.45, 7) is 9.79. The van der Waals surface area contributed by atoms with Crippen molar-refractivity contribution in [1.29, 1.82) is 0 Å². The van der Waals surface area contributed by atoms with Gasteiger partial charge in [-0.05, 0) is 43.0 Å². The third-order valence-corrected chi connectivity index (χ3v) is 3.64. The highest BCUT2D eigenvalue weighted by molar-refractivity contribution is 5.91. The Kier molecular flexibility index (Phi) is 6.52. The molecule has 1 rings (SSSR count). The Balaban J connectivity index is 2.73. The molecule has 0 bridgehead atoms. The maximum atomic E-state index is 11.4. The summed E-state index contributed by atoms with van der Waals surface area (Å²) in [6, 6.07) is 5.92. The third-order valence-electron chi connectivity index (χ3n) is 3.64. The van der Waals surface area contributed by atoms with E-state index in [0.29, 0.717) is 24.8 Å². The minimum absolute atomic E-state index is 0.0295. The normalized spacial score (nSPS) is 12.3. The van der Waals surface area contributed by atoms with Crippen LogP contribution in [0.3, 0.4) is 0 Å². The molecule has 0 saturated heterocycles. The van der Waals surface area contributed by atoms with E-state index in [0.717, 1.165) is 17.9 Å². The van der Waals surface area contributed by atoms with Gasteiger partial charge in [-0.2, -0.15) is 0 Å². The SMILES string of the molecule is CCC(=O)Nc1ccc(C)c(NCC(CN)C(C)C)c1. The Bertz CT molecular complexity index is 443. The molecule has 0 aliphatic heterocycles. The van der Waals surface area contributed by atoms with Crippen molar-refractivity contribution in [3.05, 3.63) is 23.8 Å². The molecule has 1 unspecified atom stereocenters. The van der Waals surface area contributed by atoms with Gasteiger partial charge in [-0.25, -0.2) is 0 Å². The van der Waals surface area contributed by atoms with E-state index in [2.05, 4.69) is 31.4 Å². The lowest BCUT2D eigenvalue weighted by molar-refractivity contribution is -0.115. The summed E-state index contributed by atoms with van der Waals surface area (Å²) in [4.78, 5) is 11.4. The minimum Gasteiger partial charge on any atom is -0.384 e. The highest BCUT2D eigenvalue weighted by Gasteiger charge is 2.11. The Hall–Kier alpha value is -1.55. The fourth-order valence-electron chi connectivity index (χ4n) is 1.97. The van der Waals surface area contributed by atoms with Crippen LogP contribution >= 0.6 is 0 Å². The van der Waals surface area contributed by atoms with E-state index >= 15 is 0 Å². The molecule has 0 heterocycles. The number of carbonyl (C=O) groups excluding carboxylic acids is 1. The van der Waals surface area contributed by atoms with E-state index in [1.54, 1.807) is 0 Å². The summed E-state index contributed by atoms with van der Waals surface area (Å²) in [5.41, 5.74) is 8.84. The fraction of sp³-hybridized carbons (Fsp3) is 0.562. The van der Waals surface area contributed by atoms with Crippen LogP contribution < -0.4 is 16.4 Å². The molecule has 0 fully saturated rings. The number of carbonyl (C=O) groups is 1. The maximum Gasteiger partial charge on any atom is 0.224 e. The number of nitrogens with two attached hydrogens (primary N) is 1. The molecule has 4 N–H and O–H groups in total. The average Bonchev–Trinajstić information content (AvgIpc) is 2.42. The van der Waals surface area contributed by atoms with Gasteiger partial charge in [0.25, 0.3) is 0 Å². The first-order chi connectivity index (χ1) is 9.47. The van der Waals surface area contributed by atoms with E-state index < -0.39 is 0 Å². The molecule has 1 aromatic rings. The van der Waals surface area contributed by atoms with Crippen molar-refractivity contribution in [3.63, 3.8) is 0 Å². The van der Waals surface area contributed by atoms with Crippen LogP contribution in [0.1, 0.15) is 32.8 Å². The van der Waals surface area contributed by atoms with Gasteiger partial charge in [0.15, 0.2) is 0 Å². The van der Waals surface area contributed by atoms with Gasteiger partial charge < -0.3 is 16.4 Å². The second-order valence-electron chi connectivity index (χ2n) is 5.55. The smallest absolute Gasteiger partial charge is 0.224 e. The number of aryl methyl sites for hydroxylation is 1. The molecule has 1 amide bonds. The Morgan fingerprint density at radius 3 is 2.60 bits per heavy atom. The molecule has 0 radical (unpaired) electrons. The monoisotopic (exact) mass is 277 g/mol. The molecule has 1 atom stereocenters. The van der Waals surface area contributed by atoms with Crippen LogP contribution in [0.15, 0.2) is 18.2 Å². The molecule has 20 heavy (non-hydrogen) atoms. The second-order valence-corrected chi connectivity index (χ2v) is 5.55. The maximum absolute atomic E-state index is 11.4. The van der Waals surface area contributed by atoms with Crippen LogP contribution in [0, 0.1) is 18.8 Å². The topological polar surface area (TPSA) is 67.2 Å². The van der Waals surface area contributed by atoms with Crippen molar-refractivity contribution >= 4 is 17.3 Å². The quantitative estimate of drug-likeness (QED) is 0.717. The zero-order chi connectivity index (χ0) is 15.1. The van der Waals surface area contributed by atoms with Crippen LogP contribution in [-0.2, 0) is 4.79 Å². The van der Waals surface area contributed by atoms with Gasteiger partial charge in [-0.1, -0.05) is 26.8 Å². The van der Waals surface area contributed by atoms with Crippen LogP contribution in [-0.4, -0.2) is 19.0 Å². The highest BCUT2D eigenvalue weighted by atomic mass is 16.1. The standard InChI is InChI=1S/C16H27N3O/c1-5-16(20)19-14-7-6-12(4)15(8-14)18-10-13(9-17)11(2)3/h6-8,11,13,18H,5,9-10,17H2,1-4H3,(H,19,20). The molecule has 4 nitrogen and oxygen atoms in total. The van der Waals surface area contributed by atoms with Crippen LogP contribution in [0.5, 0.6) is 0 Å². The fourth-order valence-corrected chi connectivity index (χ4v) is 1.97. The Morgan fingerprint density at radius 2 is 2.05 bits per heavy atom. The Morgan fingerprint density at radius 1 is 1.35 bits per heavy atom. The van der Waals surface area contributed by atoms with E-state index in [4.69, 9.17) is 5.73 Å². The third kappa shape index (κ3) is 4.85. The Labute approximate surface area is 122 Å². The molecule has 4 heteroatoms. The molecular weight excluding hydrogens is 250 g/mol. The molecule has 0 aliphatic carbocycles. The van der Waals surface area contributed by atoms with E-state index in [1.807, 2.05) is 25.1 Å². The van der Waals surface area contributed by atoms with Crippen LogP contribution in [0.25, 0.3) is 0 Å². The molecular formula is C16H27N3O. The number of nitrogens with one attached hydrogen (secondary N) is 2. The minimum atomic E-state index is 0.0295. The van der Waals surface area contributed by atoms with Gasteiger partial charge in [0, 0.05) is 24.3 Å². The molecule has 0 spiro atoms. The van der Waals surface area contributed by atoms with Crippen molar-refractivity contribution in [2.24, 2.45) is 17.6 Å². The van der Waals surface area contributed by atoms with Crippen molar-refractivity contribution in [2.75, 3.05) is 23.7 Å². The lowest BCUT2D eigenvalue weighted by atomic mass is 9.96. The lowest BCUT2D eigenvalue weighted by Gasteiger charge is -2.21. The number of rotatable bonds is 7. The number of hydrogen-bond acceptors (Lipinski definition) is 3. The van der Waals surface area contributed by atoms with Gasteiger partial charge in [-0.3, -0.25) is 4.79 Å². The van der Waals surface area contributed by atoms with Crippen molar-refractivity contribution in [1.82, 2.24) is 0 Å². The number of benzene rings is 1. The number of hydrogen-bond donors (Lipinski definition) is 3. The van der Waals surface area contributed by atoms with E-state index in [-0.39, 0.29) is 5.91 Å². The summed E-state index contributed by atoms with van der Waals surface area (Å²) in [5.74, 6) is 1.03. The molecule has 0 aliphatic rings. The van der Waals surface area contributed by atoms with Crippen molar-refractivity contribution in [3.8, 4) is 0 Å². The average molecular weight is 277 g/mol. The first kappa shape index (κ1) is 16.5. The predicted molar refractivity (Wildman–Crippen MR) is 86.0 cm³/mol. The molecule has 1 aromatic carbocycles. The molecule has 0 saturated carbocycles. The van der Waals surface area contributed by atoms with Gasteiger partial charge in [0.2, 0.25) is 5.91 Å². The van der Waals surface area contributed by atoms with Crippen LogP contribution in [0.4, 0.5) is 11.4 Å². The van der Waals surface area contributed by atoms with Gasteiger partial charge in [0.05, 0.1) is 0 Å². The first-order valence-electron chi connectivity index (χ1n) is 7.32. The summed E-state index contributed by atoms with van der Waals surface area (Å²) >= 11 is 0. The van der Waals surface area contributed by atoms with Crippen molar-refractivity contribution < 1.29 is 4.79 Å². The zero-order valence-electron chi connectivity index (χ0n) is 13.0. The number of amides is 1. The first-order valence-corrected chi connectivity index (χ1v) is 7.32. The van der Waals surface area contributed by atoms with Crippen LogP contribution in [0.2, 0.25) is 0 Å². The molecule has 0 aromatic heterocycles. The van der Waals surface area contributed by atoms with Crippen molar-refractivity contribution in [2.45, 2.75) is 34.1 Å².